The summed E-state index contributed by atoms with van der Waals surface area (Å²) in [7, 11) is 0. The first kappa shape index (κ1) is 12.1. The Labute approximate surface area is 100 Å². The molecule has 1 aliphatic rings. The van der Waals surface area contributed by atoms with Gasteiger partial charge in [-0.05, 0) is 48.8 Å². The van der Waals surface area contributed by atoms with E-state index in [1.165, 1.54) is 6.07 Å². The van der Waals surface area contributed by atoms with Crippen molar-refractivity contribution in [2.45, 2.75) is 32.6 Å². The summed E-state index contributed by atoms with van der Waals surface area (Å²) in [6.45, 7) is 3.82. The predicted molar refractivity (Wildman–Crippen MR) is 63.4 cm³/mol. The molecule has 92 valence electrons. The monoisotopic (exact) mass is 236 g/mol. The molecule has 1 N–H and O–H groups in total. The van der Waals surface area contributed by atoms with Crippen molar-refractivity contribution in [3.05, 3.63) is 35.1 Å². The molecule has 0 amide bonds. The van der Waals surface area contributed by atoms with Crippen LogP contribution in [0, 0.1) is 24.6 Å². The van der Waals surface area contributed by atoms with E-state index in [9.17, 15) is 9.18 Å². The summed E-state index contributed by atoms with van der Waals surface area (Å²) in [5, 5.41) is 8.82. The average molecular weight is 236 g/mol. The molecule has 2 rings (SSSR count). The van der Waals surface area contributed by atoms with Gasteiger partial charge >= 0.3 is 5.97 Å². The van der Waals surface area contributed by atoms with Crippen LogP contribution in [0.25, 0.3) is 0 Å². The number of carboxylic acid groups (broad SMARTS) is 1. The summed E-state index contributed by atoms with van der Waals surface area (Å²) < 4.78 is 13.7. The quantitative estimate of drug-likeness (QED) is 0.870. The van der Waals surface area contributed by atoms with Crippen LogP contribution in [-0.4, -0.2) is 11.1 Å². The average Bonchev–Trinajstić information content (AvgIpc) is 2.96. The Bertz CT molecular complexity index is 442. The Kier molecular flexibility index (Phi) is 3.18. The molecule has 17 heavy (non-hydrogen) atoms. The number of carboxylic acids is 1. The molecule has 1 aromatic rings. The van der Waals surface area contributed by atoms with Gasteiger partial charge in [0.1, 0.15) is 5.82 Å². The van der Waals surface area contributed by atoms with Gasteiger partial charge in [0.25, 0.3) is 0 Å². The van der Waals surface area contributed by atoms with Crippen molar-refractivity contribution in [1.82, 2.24) is 0 Å². The smallest absolute Gasteiger partial charge is 0.306 e. The Hall–Kier alpha value is -1.38. The molecule has 1 saturated carbocycles. The van der Waals surface area contributed by atoms with E-state index < -0.39 is 5.97 Å². The van der Waals surface area contributed by atoms with E-state index in [1.54, 1.807) is 0 Å². The first-order valence-corrected chi connectivity index (χ1v) is 5.98. The van der Waals surface area contributed by atoms with Gasteiger partial charge in [-0.25, -0.2) is 4.39 Å². The molecular weight excluding hydrogens is 219 g/mol. The van der Waals surface area contributed by atoms with Gasteiger partial charge in [-0.15, -0.1) is 0 Å². The molecule has 3 heteroatoms. The minimum Gasteiger partial charge on any atom is -0.481 e. The molecule has 0 saturated heterocycles. The fourth-order valence-corrected chi connectivity index (χ4v) is 2.42. The Morgan fingerprint density at radius 2 is 2.29 bits per heavy atom. The van der Waals surface area contributed by atoms with Gasteiger partial charge in [0, 0.05) is 0 Å². The van der Waals surface area contributed by atoms with Crippen molar-refractivity contribution in [3.8, 4) is 0 Å². The Balaban J connectivity index is 2.01. The van der Waals surface area contributed by atoms with Crippen LogP contribution >= 0.6 is 0 Å². The number of benzene rings is 1. The van der Waals surface area contributed by atoms with Gasteiger partial charge in [-0.2, -0.15) is 0 Å². The van der Waals surface area contributed by atoms with Crippen LogP contribution < -0.4 is 0 Å². The summed E-state index contributed by atoms with van der Waals surface area (Å²) in [5.74, 6) is -0.782. The zero-order valence-corrected chi connectivity index (χ0v) is 10.1. The zero-order chi connectivity index (χ0) is 12.6. The molecule has 1 aromatic carbocycles. The highest BCUT2D eigenvalue weighted by Gasteiger charge is 2.43. The fraction of sp³-hybridized carbons (Fsp3) is 0.500. The van der Waals surface area contributed by atoms with Crippen molar-refractivity contribution < 1.29 is 14.3 Å². The summed E-state index contributed by atoms with van der Waals surface area (Å²) >= 11 is 0. The molecular formula is C14H17FO2. The third-order valence-electron chi connectivity index (χ3n) is 3.58. The van der Waals surface area contributed by atoms with Gasteiger partial charge in [0.15, 0.2) is 0 Å². The maximum absolute atomic E-state index is 13.7. The maximum Gasteiger partial charge on any atom is 0.306 e. The lowest BCUT2D eigenvalue weighted by Crippen LogP contribution is -2.03. The summed E-state index contributed by atoms with van der Waals surface area (Å²) in [4.78, 5) is 10.7. The molecule has 2 nitrogen and oxygen atoms in total. The summed E-state index contributed by atoms with van der Waals surface area (Å²) in [6.07, 6.45) is 1.50. The van der Waals surface area contributed by atoms with Crippen molar-refractivity contribution in [3.63, 3.8) is 0 Å². The van der Waals surface area contributed by atoms with Crippen LogP contribution in [0.5, 0.6) is 0 Å². The van der Waals surface area contributed by atoms with Crippen LogP contribution in [0.1, 0.15) is 36.8 Å². The highest BCUT2D eigenvalue weighted by Crippen LogP contribution is 2.45. The molecule has 0 heterocycles. The number of hydrogen-bond donors (Lipinski definition) is 1. The van der Waals surface area contributed by atoms with E-state index in [2.05, 4.69) is 0 Å². The van der Waals surface area contributed by atoms with E-state index >= 15 is 0 Å². The van der Waals surface area contributed by atoms with Gasteiger partial charge in [-0.3, -0.25) is 4.79 Å². The van der Waals surface area contributed by atoms with Gasteiger partial charge in [-0.1, -0.05) is 19.1 Å². The fourth-order valence-electron chi connectivity index (χ4n) is 2.42. The predicted octanol–water partition coefficient (Wildman–Crippen LogP) is 3.35. The highest BCUT2D eigenvalue weighted by atomic mass is 19.1. The van der Waals surface area contributed by atoms with Crippen LogP contribution in [0.2, 0.25) is 0 Å². The zero-order valence-electron chi connectivity index (χ0n) is 10.1. The molecule has 1 aliphatic carbocycles. The topological polar surface area (TPSA) is 37.3 Å². The van der Waals surface area contributed by atoms with Crippen LogP contribution in [0.15, 0.2) is 18.2 Å². The number of aryl methyl sites for hydroxylation is 1. The van der Waals surface area contributed by atoms with E-state index in [4.69, 9.17) is 5.11 Å². The van der Waals surface area contributed by atoms with E-state index in [0.29, 0.717) is 5.56 Å². The lowest BCUT2D eigenvalue weighted by Gasteiger charge is -2.12. The Morgan fingerprint density at radius 3 is 2.82 bits per heavy atom. The highest BCUT2D eigenvalue weighted by molar-refractivity contribution is 5.73. The van der Waals surface area contributed by atoms with E-state index in [-0.39, 0.29) is 23.6 Å². The van der Waals surface area contributed by atoms with Crippen molar-refractivity contribution in [2.75, 3.05) is 0 Å². The lowest BCUT2D eigenvalue weighted by atomic mass is 9.93. The molecule has 3 unspecified atom stereocenters. The van der Waals surface area contributed by atoms with Crippen LogP contribution in [0.3, 0.4) is 0 Å². The number of rotatable bonds is 4. The van der Waals surface area contributed by atoms with Gasteiger partial charge in [0.05, 0.1) is 5.92 Å². The van der Waals surface area contributed by atoms with Crippen LogP contribution in [0.4, 0.5) is 4.39 Å². The third kappa shape index (κ3) is 2.65. The summed E-state index contributed by atoms with van der Waals surface area (Å²) in [5.41, 5.74) is 1.61. The first-order chi connectivity index (χ1) is 7.99. The summed E-state index contributed by atoms with van der Waals surface area (Å²) in [6, 6.07) is 5.25. The standard InChI is InChI=1S/C14H17FO2/c1-8-3-4-11(13(15)5-8)9(2)6-10-7-12(10)14(16)17/h3-5,9-10,12H,6-7H2,1-2H3,(H,16,17). The number of aliphatic carboxylic acids is 1. The first-order valence-electron chi connectivity index (χ1n) is 5.98. The van der Waals surface area contributed by atoms with Gasteiger partial charge in [0.2, 0.25) is 0 Å². The third-order valence-corrected chi connectivity index (χ3v) is 3.58. The number of carbonyl (C=O) groups is 1. The van der Waals surface area contributed by atoms with Crippen molar-refractivity contribution in [1.29, 1.82) is 0 Å². The molecule has 3 atom stereocenters. The number of halogens is 1. The van der Waals surface area contributed by atoms with Crippen molar-refractivity contribution in [2.24, 2.45) is 11.8 Å². The molecule has 0 aromatic heterocycles. The van der Waals surface area contributed by atoms with Crippen LogP contribution in [-0.2, 0) is 4.79 Å². The molecule has 0 radical (unpaired) electrons. The second-order valence-corrected chi connectivity index (χ2v) is 5.10. The lowest BCUT2D eigenvalue weighted by molar-refractivity contribution is -0.138. The Morgan fingerprint density at radius 1 is 1.59 bits per heavy atom. The van der Waals surface area contributed by atoms with E-state index in [0.717, 1.165) is 18.4 Å². The second-order valence-electron chi connectivity index (χ2n) is 5.10. The number of hydrogen-bond acceptors (Lipinski definition) is 1. The van der Waals surface area contributed by atoms with Crippen molar-refractivity contribution >= 4 is 5.97 Å². The molecule has 0 bridgehead atoms. The largest absolute Gasteiger partial charge is 0.481 e. The molecule has 1 fully saturated rings. The SMILES string of the molecule is Cc1ccc(C(C)CC2CC2C(=O)O)c(F)c1. The molecule has 0 spiro atoms. The second kappa shape index (κ2) is 4.47. The minimum absolute atomic E-state index is 0.0879. The normalized spacial score (nSPS) is 24.4. The maximum atomic E-state index is 13.7. The van der Waals surface area contributed by atoms with E-state index in [1.807, 2.05) is 26.0 Å². The molecule has 0 aliphatic heterocycles. The minimum atomic E-state index is -0.716. The van der Waals surface area contributed by atoms with Gasteiger partial charge < -0.3 is 5.11 Å².